The number of rotatable bonds is 7. The molecule has 3 saturated heterocycles. The van der Waals surface area contributed by atoms with E-state index in [0.29, 0.717) is 51.6 Å². The fraction of sp³-hybridized carbons (Fsp3) is 0.680. The second-order valence-corrected chi connectivity index (χ2v) is 9.05. The van der Waals surface area contributed by atoms with E-state index in [1.165, 1.54) is 0 Å². The van der Waals surface area contributed by atoms with Crippen molar-refractivity contribution in [3.8, 4) is 5.75 Å². The summed E-state index contributed by atoms with van der Waals surface area (Å²) in [6.45, 7) is 5.54. The first-order chi connectivity index (χ1) is 15.6. The first kappa shape index (κ1) is 23.1. The molecular formula is C25H36N2O5. The molecule has 0 aromatic heterocycles. The number of unbranched alkanes of at least 4 members (excludes halogenated alkanes) is 1. The third-order valence-electron chi connectivity index (χ3n) is 7.12. The zero-order valence-electron chi connectivity index (χ0n) is 19.3. The highest BCUT2D eigenvalue weighted by Gasteiger charge is 2.44. The average Bonchev–Trinajstić information content (AvgIpc) is 3.38. The molecule has 3 fully saturated rings. The molecule has 2 atom stereocenters. The van der Waals surface area contributed by atoms with Crippen LogP contribution in [0.15, 0.2) is 24.3 Å². The minimum absolute atomic E-state index is 0.120. The third kappa shape index (κ3) is 4.79. The van der Waals surface area contributed by atoms with Crippen molar-refractivity contribution in [1.82, 2.24) is 9.80 Å². The standard InChI is InChI=1S/C25H36N2O5/c1-3-4-13-27-22(28)10-9-20(23(27)19-7-5-6-8-21(19)30-2)24(29)26-14-11-18(12-15-26)25-31-16-17-32-25/h5-8,18,20,23,25H,3-4,9-17H2,1-2H3. The van der Waals surface area contributed by atoms with E-state index in [1.807, 2.05) is 34.1 Å². The summed E-state index contributed by atoms with van der Waals surface area (Å²) in [5.74, 6) is 1.12. The highest BCUT2D eigenvalue weighted by atomic mass is 16.7. The maximum atomic E-state index is 13.8. The largest absolute Gasteiger partial charge is 0.496 e. The first-order valence-electron chi connectivity index (χ1n) is 12.1. The van der Waals surface area contributed by atoms with E-state index in [4.69, 9.17) is 14.2 Å². The van der Waals surface area contributed by atoms with Crippen LogP contribution >= 0.6 is 0 Å². The van der Waals surface area contributed by atoms with Crippen molar-refractivity contribution in [3.63, 3.8) is 0 Å². The van der Waals surface area contributed by atoms with E-state index in [1.54, 1.807) is 7.11 Å². The van der Waals surface area contributed by atoms with E-state index in [2.05, 4.69) is 6.92 Å². The van der Waals surface area contributed by atoms with Crippen LogP contribution in [0.5, 0.6) is 5.75 Å². The maximum Gasteiger partial charge on any atom is 0.228 e. The number of carbonyl (C=O) groups is 2. The number of para-hydroxylation sites is 1. The normalized spacial score (nSPS) is 25.4. The van der Waals surface area contributed by atoms with Crippen molar-refractivity contribution in [3.05, 3.63) is 29.8 Å². The molecule has 0 spiro atoms. The first-order valence-corrected chi connectivity index (χ1v) is 12.1. The molecule has 1 aromatic carbocycles. The zero-order chi connectivity index (χ0) is 22.5. The lowest BCUT2D eigenvalue weighted by Gasteiger charge is -2.44. The SMILES string of the molecule is CCCCN1C(=O)CCC(C(=O)N2CCC(C3OCCO3)CC2)C1c1ccccc1OC. The molecule has 0 radical (unpaired) electrons. The van der Waals surface area contributed by atoms with Crippen LogP contribution in [-0.4, -0.2) is 67.9 Å². The van der Waals surface area contributed by atoms with Gasteiger partial charge in [-0.25, -0.2) is 0 Å². The number of hydrogen-bond acceptors (Lipinski definition) is 5. The van der Waals surface area contributed by atoms with Crippen LogP contribution < -0.4 is 4.74 Å². The van der Waals surface area contributed by atoms with Gasteiger partial charge in [-0.15, -0.1) is 0 Å². The number of hydrogen-bond donors (Lipinski definition) is 0. The summed E-state index contributed by atoms with van der Waals surface area (Å²) >= 11 is 0. The molecule has 3 aliphatic heterocycles. The van der Waals surface area contributed by atoms with Crippen molar-refractivity contribution in [2.24, 2.45) is 11.8 Å². The lowest BCUT2D eigenvalue weighted by atomic mass is 9.82. The Labute approximate surface area is 191 Å². The van der Waals surface area contributed by atoms with Gasteiger partial charge in [0.2, 0.25) is 11.8 Å². The maximum absolute atomic E-state index is 13.8. The monoisotopic (exact) mass is 444 g/mol. The molecule has 0 saturated carbocycles. The van der Waals surface area contributed by atoms with Crippen molar-refractivity contribution < 1.29 is 23.8 Å². The minimum atomic E-state index is -0.286. The number of ether oxygens (including phenoxy) is 3. The Morgan fingerprint density at radius 3 is 2.53 bits per heavy atom. The molecule has 3 aliphatic rings. The predicted octanol–water partition coefficient (Wildman–Crippen LogP) is 3.39. The fourth-order valence-corrected chi connectivity index (χ4v) is 5.37. The number of benzene rings is 1. The van der Waals surface area contributed by atoms with Gasteiger partial charge in [0.15, 0.2) is 6.29 Å². The molecule has 3 heterocycles. The quantitative estimate of drug-likeness (QED) is 0.645. The molecule has 7 heteroatoms. The van der Waals surface area contributed by atoms with Crippen molar-refractivity contribution >= 4 is 11.8 Å². The van der Waals surface area contributed by atoms with Gasteiger partial charge in [-0.2, -0.15) is 0 Å². The molecule has 2 unspecified atom stereocenters. The predicted molar refractivity (Wildman–Crippen MR) is 120 cm³/mol. The van der Waals surface area contributed by atoms with E-state index in [0.717, 1.165) is 37.0 Å². The van der Waals surface area contributed by atoms with Gasteiger partial charge < -0.3 is 24.0 Å². The van der Waals surface area contributed by atoms with Gasteiger partial charge >= 0.3 is 0 Å². The van der Waals surface area contributed by atoms with Crippen LogP contribution in [0.2, 0.25) is 0 Å². The summed E-state index contributed by atoms with van der Waals surface area (Å²) in [7, 11) is 1.65. The molecule has 0 bridgehead atoms. The zero-order valence-corrected chi connectivity index (χ0v) is 19.3. The molecule has 7 nitrogen and oxygen atoms in total. The topological polar surface area (TPSA) is 68.3 Å². The van der Waals surface area contributed by atoms with Crippen LogP contribution in [0.1, 0.15) is 57.1 Å². The van der Waals surface area contributed by atoms with Gasteiger partial charge in [-0.05, 0) is 31.7 Å². The van der Waals surface area contributed by atoms with E-state index < -0.39 is 0 Å². The summed E-state index contributed by atoms with van der Waals surface area (Å²) in [5.41, 5.74) is 0.931. The van der Waals surface area contributed by atoms with Crippen LogP contribution in [0.4, 0.5) is 0 Å². The molecule has 176 valence electrons. The lowest BCUT2D eigenvalue weighted by molar-refractivity contribution is -0.151. The van der Waals surface area contributed by atoms with Crippen LogP contribution in [0.3, 0.4) is 0 Å². The van der Waals surface area contributed by atoms with Crippen molar-refractivity contribution in [2.75, 3.05) is 40.0 Å². The van der Waals surface area contributed by atoms with Gasteiger partial charge in [0, 0.05) is 37.5 Å². The van der Waals surface area contributed by atoms with Crippen LogP contribution in [0.25, 0.3) is 0 Å². The molecule has 32 heavy (non-hydrogen) atoms. The Morgan fingerprint density at radius 1 is 1.12 bits per heavy atom. The Bertz CT molecular complexity index is 786. The number of likely N-dealkylation sites (tertiary alicyclic amines) is 2. The van der Waals surface area contributed by atoms with Crippen LogP contribution in [0, 0.1) is 11.8 Å². The Kier molecular flexibility index (Phi) is 7.68. The molecule has 2 amide bonds. The van der Waals surface area contributed by atoms with E-state index in [9.17, 15) is 9.59 Å². The highest BCUT2D eigenvalue weighted by Crippen LogP contribution is 2.42. The molecule has 0 N–H and O–H groups in total. The average molecular weight is 445 g/mol. The summed E-state index contributed by atoms with van der Waals surface area (Å²) < 4.78 is 17.0. The Morgan fingerprint density at radius 2 is 1.84 bits per heavy atom. The van der Waals surface area contributed by atoms with Gasteiger partial charge in [-0.3, -0.25) is 9.59 Å². The van der Waals surface area contributed by atoms with Gasteiger partial charge in [0.05, 0.1) is 32.3 Å². The number of methoxy groups -OCH3 is 1. The minimum Gasteiger partial charge on any atom is -0.496 e. The summed E-state index contributed by atoms with van der Waals surface area (Å²) in [6.07, 6.45) is 4.58. The van der Waals surface area contributed by atoms with Gasteiger partial charge in [-0.1, -0.05) is 31.5 Å². The summed E-state index contributed by atoms with van der Waals surface area (Å²) in [6, 6.07) is 7.52. The van der Waals surface area contributed by atoms with Crippen LogP contribution in [-0.2, 0) is 19.1 Å². The van der Waals surface area contributed by atoms with E-state index in [-0.39, 0.29) is 30.1 Å². The smallest absolute Gasteiger partial charge is 0.228 e. The number of carbonyl (C=O) groups excluding carboxylic acids is 2. The molecule has 4 rings (SSSR count). The van der Waals surface area contributed by atoms with E-state index >= 15 is 0 Å². The van der Waals surface area contributed by atoms with Crippen molar-refractivity contribution in [2.45, 2.75) is 57.8 Å². The Hall–Kier alpha value is -2.12. The Balaban J connectivity index is 1.54. The molecular weight excluding hydrogens is 408 g/mol. The second kappa shape index (κ2) is 10.7. The van der Waals surface area contributed by atoms with Gasteiger partial charge in [0.1, 0.15) is 5.75 Å². The molecule has 0 aliphatic carbocycles. The van der Waals surface area contributed by atoms with Gasteiger partial charge in [0.25, 0.3) is 0 Å². The second-order valence-electron chi connectivity index (χ2n) is 9.05. The van der Waals surface area contributed by atoms with Crippen molar-refractivity contribution in [1.29, 1.82) is 0 Å². The molecule has 1 aromatic rings. The number of nitrogens with zero attached hydrogens (tertiary/aromatic N) is 2. The third-order valence-corrected chi connectivity index (χ3v) is 7.12. The number of piperidine rings is 2. The summed E-state index contributed by atoms with van der Waals surface area (Å²) in [4.78, 5) is 30.6. The highest BCUT2D eigenvalue weighted by molar-refractivity contribution is 5.85. The number of amides is 2. The fourth-order valence-electron chi connectivity index (χ4n) is 5.37. The summed E-state index contributed by atoms with van der Waals surface area (Å²) in [5, 5.41) is 0. The lowest BCUT2D eigenvalue weighted by Crippen LogP contribution is -2.51.